The molecule has 2 heteroatoms. The molecule has 2 N–H and O–H groups in total. The van der Waals surface area contributed by atoms with Crippen molar-refractivity contribution in [1.29, 1.82) is 0 Å². The van der Waals surface area contributed by atoms with Crippen molar-refractivity contribution in [2.45, 2.75) is 46.1 Å². The summed E-state index contributed by atoms with van der Waals surface area (Å²) in [7, 11) is 2.23. The summed E-state index contributed by atoms with van der Waals surface area (Å²) in [6.07, 6.45) is 3.87. The third-order valence-electron chi connectivity index (χ3n) is 3.53. The molecule has 2 nitrogen and oxygen atoms in total. The molecule has 1 saturated carbocycles. The normalized spacial score (nSPS) is 32.6. The Hall–Kier alpha value is -0.0800. The fraction of sp³-hybridized carbons (Fsp3) is 1.00. The molecular weight excluding hydrogens is 184 g/mol. The minimum atomic E-state index is 0.441. The van der Waals surface area contributed by atoms with Gasteiger partial charge in [0.05, 0.1) is 0 Å². The fourth-order valence-corrected chi connectivity index (χ4v) is 2.83. The molecule has 1 rings (SSSR count). The lowest BCUT2D eigenvalue weighted by atomic mass is 9.79. The van der Waals surface area contributed by atoms with Crippen molar-refractivity contribution < 1.29 is 0 Å². The van der Waals surface area contributed by atoms with Crippen molar-refractivity contribution in [3.8, 4) is 0 Å². The molecule has 0 aliphatic heterocycles. The van der Waals surface area contributed by atoms with E-state index in [9.17, 15) is 0 Å². The van der Waals surface area contributed by atoms with Crippen molar-refractivity contribution >= 4 is 0 Å². The third kappa shape index (κ3) is 4.52. The third-order valence-corrected chi connectivity index (χ3v) is 3.53. The summed E-state index contributed by atoms with van der Waals surface area (Å²) >= 11 is 0. The van der Waals surface area contributed by atoms with E-state index in [0.717, 1.165) is 17.8 Å². The van der Waals surface area contributed by atoms with E-state index in [0.29, 0.717) is 6.04 Å². The zero-order valence-electron chi connectivity index (χ0n) is 10.9. The van der Waals surface area contributed by atoms with Crippen molar-refractivity contribution in [3.63, 3.8) is 0 Å². The van der Waals surface area contributed by atoms with Gasteiger partial charge in [0, 0.05) is 19.1 Å². The second kappa shape index (κ2) is 5.86. The first kappa shape index (κ1) is 13.0. The maximum atomic E-state index is 6.19. The summed E-state index contributed by atoms with van der Waals surface area (Å²) in [5.41, 5.74) is 6.19. The topological polar surface area (TPSA) is 29.3 Å². The molecule has 1 fully saturated rings. The lowest BCUT2D eigenvalue weighted by Crippen LogP contribution is -2.42. The number of rotatable bonds is 4. The second-order valence-electron chi connectivity index (χ2n) is 5.96. The summed E-state index contributed by atoms with van der Waals surface area (Å²) in [5, 5.41) is 0. The van der Waals surface area contributed by atoms with Crippen LogP contribution in [0.3, 0.4) is 0 Å². The van der Waals surface area contributed by atoms with Gasteiger partial charge in [-0.25, -0.2) is 0 Å². The van der Waals surface area contributed by atoms with Crippen LogP contribution >= 0.6 is 0 Å². The summed E-state index contributed by atoms with van der Waals surface area (Å²) in [4.78, 5) is 2.45. The highest BCUT2D eigenvalue weighted by Gasteiger charge is 2.26. The van der Waals surface area contributed by atoms with Crippen LogP contribution in [0.5, 0.6) is 0 Å². The lowest BCUT2D eigenvalue weighted by molar-refractivity contribution is 0.172. The number of hydrogen-bond donors (Lipinski definition) is 1. The highest BCUT2D eigenvalue weighted by atomic mass is 15.1. The standard InChI is InChI=1S/C13H28N2/c1-10(2)8-15(4)9-12-7-11(3)5-6-13(12)14/h10-13H,5-9,14H2,1-4H3. The molecule has 3 atom stereocenters. The molecule has 0 saturated heterocycles. The largest absolute Gasteiger partial charge is 0.327 e. The van der Waals surface area contributed by atoms with Gasteiger partial charge in [-0.05, 0) is 44.1 Å². The Morgan fingerprint density at radius 1 is 1.33 bits per heavy atom. The summed E-state index contributed by atoms with van der Waals surface area (Å²) < 4.78 is 0. The molecule has 0 radical (unpaired) electrons. The van der Waals surface area contributed by atoms with Crippen LogP contribution < -0.4 is 5.73 Å². The van der Waals surface area contributed by atoms with Crippen molar-refractivity contribution in [2.75, 3.05) is 20.1 Å². The van der Waals surface area contributed by atoms with Crippen LogP contribution in [-0.2, 0) is 0 Å². The maximum Gasteiger partial charge on any atom is 0.00795 e. The average molecular weight is 212 g/mol. The van der Waals surface area contributed by atoms with Gasteiger partial charge in [-0.3, -0.25) is 0 Å². The molecule has 0 bridgehead atoms. The van der Waals surface area contributed by atoms with Crippen molar-refractivity contribution in [1.82, 2.24) is 4.90 Å². The van der Waals surface area contributed by atoms with Crippen LogP contribution in [0, 0.1) is 17.8 Å². The van der Waals surface area contributed by atoms with Crippen LogP contribution in [0.25, 0.3) is 0 Å². The van der Waals surface area contributed by atoms with Gasteiger partial charge in [0.15, 0.2) is 0 Å². The Labute approximate surface area is 95.2 Å². The molecule has 1 aliphatic carbocycles. The zero-order valence-corrected chi connectivity index (χ0v) is 10.9. The average Bonchev–Trinajstić information content (AvgIpc) is 2.10. The first-order valence-corrected chi connectivity index (χ1v) is 6.43. The van der Waals surface area contributed by atoms with E-state index in [-0.39, 0.29) is 0 Å². The molecule has 1 aliphatic rings. The van der Waals surface area contributed by atoms with E-state index < -0.39 is 0 Å². The quantitative estimate of drug-likeness (QED) is 0.775. The molecule has 3 unspecified atom stereocenters. The summed E-state index contributed by atoms with van der Waals surface area (Å²) in [6, 6.07) is 0.441. The minimum Gasteiger partial charge on any atom is -0.327 e. The Morgan fingerprint density at radius 3 is 2.60 bits per heavy atom. The predicted octanol–water partition coefficient (Wildman–Crippen LogP) is 2.34. The Morgan fingerprint density at radius 2 is 2.00 bits per heavy atom. The SMILES string of the molecule is CC(C)CN(C)CC1CC(C)CCC1N. The Kier molecular flexibility index (Phi) is 5.07. The van der Waals surface area contributed by atoms with Gasteiger partial charge in [0.25, 0.3) is 0 Å². The first-order chi connectivity index (χ1) is 6.99. The van der Waals surface area contributed by atoms with Crippen molar-refractivity contribution in [2.24, 2.45) is 23.5 Å². The van der Waals surface area contributed by atoms with Crippen LogP contribution in [0.15, 0.2) is 0 Å². The van der Waals surface area contributed by atoms with Gasteiger partial charge < -0.3 is 10.6 Å². The second-order valence-corrected chi connectivity index (χ2v) is 5.96. The number of nitrogens with two attached hydrogens (primary N) is 1. The molecule has 15 heavy (non-hydrogen) atoms. The summed E-state index contributed by atoms with van der Waals surface area (Å²) in [5.74, 6) is 2.35. The molecular formula is C13H28N2. The molecule has 0 spiro atoms. The highest BCUT2D eigenvalue weighted by molar-refractivity contribution is 4.82. The van der Waals surface area contributed by atoms with Crippen LogP contribution in [-0.4, -0.2) is 31.1 Å². The molecule has 90 valence electrons. The van der Waals surface area contributed by atoms with Gasteiger partial charge in [0.1, 0.15) is 0 Å². The zero-order chi connectivity index (χ0) is 11.4. The molecule has 0 amide bonds. The monoisotopic (exact) mass is 212 g/mol. The fourth-order valence-electron chi connectivity index (χ4n) is 2.83. The van der Waals surface area contributed by atoms with Crippen molar-refractivity contribution in [3.05, 3.63) is 0 Å². The van der Waals surface area contributed by atoms with Gasteiger partial charge in [-0.2, -0.15) is 0 Å². The van der Waals surface area contributed by atoms with Crippen LogP contribution in [0.1, 0.15) is 40.0 Å². The highest BCUT2D eigenvalue weighted by Crippen LogP contribution is 2.28. The van der Waals surface area contributed by atoms with E-state index in [2.05, 4.69) is 32.7 Å². The van der Waals surface area contributed by atoms with Crippen LogP contribution in [0.4, 0.5) is 0 Å². The number of nitrogens with zero attached hydrogens (tertiary/aromatic N) is 1. The smallest absolute Gasteiger partial charge is 0.00795 e. The maximum absolute atomic E-state index is 6.19. The van der Waals surface area contributed by atoms with Gasteiger partial charge in [-0.15, -0.1) is 0 Å². The minimum absolute atomic E-state index is 0.441. The molecule has 0 aromatic carbocycles. The van der Waals surface area contributed by atoms with E-state index in [1.54, 1.807) is 0 Å². The molecule has 0 aromatic rings. The predicted molar refractivity (Wildman–Crippen MR) is 66.8 cm³/mol. The van der Waals surface area contributed by atoms with Gasteiger partial charge in [-0.1, -0.05) is 20.8 Å². The summed E-state index contributed by atoms with van der Waals surface area (Å²) in [6.45, 7) is 9.29. The van der Waals surface area contributed by atoms with E-state index in [1.807, 2.05) is 0 Å². The Balaban J connectivity index is 2.34. The van der Waals surface area contributed by atoms with E-state index >= 15 is 0 Å². The van der Waals surface area contributed by atoms with E-state index in [1.165, 1.54) is 32.4 Å². The first-order valence-electron chi connectivity index (χ1n) is 6.43. The van der Waals surface area contributed by atoms with Crippen LogP contribution in [0.2, 0.25) is 0 Å². The van der Waals surface area contributed by atoms with Gasteiger partial charge >= 0.3 is 0 Å². The lowest BCUT2D eigenvalue weighted by Gasteiger charge is -2.35. The Bertz CT molecular complexity index is 179. The molecule has 0 heterocycles. The molecule has 0 aromatic heterocycles. The van der Waals surface area contributed by atoms with E-state index in [4.69, 9.17) is 5.73 Å². The number of hydrogen-bond acceptors (Lipinski definition) is 2. The van der Waals surface area contributed by atoms with Gasteiger partial charge in [0.2, 0.25) is 0 Å².